The fourth-order valence-corrected chi connectivity index (χ4v) is 4.31. The van der Waals surface area contributed by atoms with Crippen molar-refractivity contribution < 1.29 is 18.0 Å². The predicted octanol–water partition coefficient (Wildman–Crippen LogP) is 1.09. The number of hydrogen-bond donors (Lipinski definition) is 1. The van der Waals surface area contributed by atoms with Crippen LogP contribution in [0, 0.1) is 11.8 Å². The number of fused-ring (bicyclic) bond motifs is 1. The molecule has 3 rings (SSSR count). The van der Waals surface area contributed by atoms with Gasteiger partial charge in [-0.2, -0.15) is 0 Å². The number of hydrogen-bond acceptors (Lipinski definition) is 4. The molecule has 0 unspecified atom stereocenters. The molecule has 2 atom stereocenters. The highest BCUT2D eigenvalue weighted by atomic mass is 32.2. The van der Waals surface area contributed by atoms with Crippen molar-refractivity contribution >= 4 is 21.8 Å². The Morgan fingerprint density at radius 2 is 1.75 bits per heavy atom. The summed E-state index contributed by atoms with van der Waals surface area (Å²) >= 11 is 0. The highest BCUT2D eigenvalue weighted by Crippen LogP contribution is 2.40. The summed E-state index contributed by atoms with van der Waals surface area (Å²) in [5.41, 5.74) is 2.23. The van der Waals surface area contributed by atoms with E-state index >= 15 is 0 Å². The monoisotopic (exact) mass is 350 g/mol. The van der Waals surface area contributed by atoms with Crippen molar-refractivity contribution in [1.82, 2.24) is 9.62 Å². The van der Waals surface area contributed by atoms with Crippen LogP contribution in [0.15, 0.2) is 23.1 Å². The molecular formula is C17H22N2O4S. The normalized spacial score (nSPS) is 22.4. The van der Waals surface area contributed by atoms with Gasteiger partial charge >= 0.3 is 0 Å². The summed E-state index contributed by atoms with van der Waals surface area (Å²) < 4.78 is 27.0. The zero-order valence-electron chi connectivity index (χ0n) is 13.9. The van der Waals surface area contributed by atoms with Crippen LogP contribution < -0.4 is 4.72 Å². The van der Waals surface area contributed by atoms with Crippen molar-refractivity contribution in [2.75, 3.05) is 14.1 Å². The average Bonchev–Trinajstić information content (AvgIpc) is 3.33. The average molecular weight is 350 g/mol. The lowest BCUT2D eigenvalue weighted by Gasteiger charge is -2.16. The van der Waals surface area contributed by atoms with E-state index in [0.717, 1.165) is 31.2 Å². The molecule has 0 heterocycles. The SMILES string of the molecule is CN(C)C(=O)[C@@H]1C[C@@H]1C(=O)NS(=O)(=O)c1ccc2c(c1)CCCC2. The molecule has 0 bridgehead atoms. The second kappa shape index (κ2) is 6.20. The smallest absolute Gasteiger partial charge is 0.264 e. The van der Waals surface area contributed by atoms with Gasteiger partial charge in [0.2, 0.25) is 11.8 Å². The second-order valence-corrected chi connectivity index (χ2v) is 8.47. The second-order valence-electron chi connectivity index (χ2n) is 6.79. The Bertz CT molecular complexity index is 786. The third-order valence-electron chi connectivity index (χ3n) is 4.75. The third-order valence-corrected chi connectivity index (χ3v) is 6.09. The Kier molecular flexibility index (Phi) is 4.38. The van der Waals surface area contributed by atoms with Gasteiger partial charge in [0.25, 0.3) is 10.0 Å². The van der Waals surface area contributed by atoms with E-state index < -0.39 is 27.8 Å². The molecule has 0 aromatic heterocycles. The van der Waals surface area contributed by atoms with Crippen molar-refractivity contribution in [2.45, 2.75) is 37.0 Å². The van der Waals surface area contributed by atoms with E-state index in [4.69, 9.17) is 0 Å². The first-order chi connectivity index (χ1) is 11.3. The number of carbonyl (C=O) groups excluding carboxylic acids is 2. The van der Waals surface area contributed by atoms with E-state index in [2.05, 4.69) is 4.72 Å². The minimum absolute atomic E-state index is 0.118. The summed E-state index contributed by atoms with van der Waals surface area (Å²) in [6, 6.07) is 5.05. The highest BCUT2D eigenvalue weighted by molar-refractivity contribution is 7.90. The van der Waals surface area contributed by atoms with Crippen molar-refractivity contribution in [3.05, 3.63) is 29.3 Å². The summed E-state index contributed by atoms with van der Waals surface area (Å²) in [6.07, 6.45) is 4.42. The lowest BCUT2D eigenvalue weighted by atomic mass is 9.92. The van der Waals surface area contributed by atoms with Gasteiger partial charge in [-0.05, 0) is 55.4 Å². The summed E-state index contributed by atoms with van der Waals surface area (Å²) in [6.45, 7) is 0. The predicted molar refractivity (Wildman–Crippen MR) is 88.7 cm³/mol. The first kappa shape index (κ1) is 17.0. The van der Waals surface area contributed by atoms with Gasteiger partial charge in [-0.3, -0.25) is 9.59 Å². The number of carbonyl (C=O) groups is 2. The van der Waals surface area contributed by atoms with E-state index in [1.807, 2.05) is 6.07 Å². The third kappa shape index (κ3) is 3.31. The summed E-state index contributed by atoms with van der Waals surface area (Å²) in [4.78, 5) is 25.5. The zero-order valence-corrected chi connectivity index (χ0v) is 14.7. The molecular weight excluding hydrogens is 328 g/mol. The van der Waals surface area contributed by atoms with Crippen molar-refractivity contribution in [3.8, 4) is 0 Å². The molecule has 1 N–H and O–H groups in total. The number of aryl methyl sites for hydroxylation is 2. The highest BCUT2D eigenvalue weighted by Gasteiger charge is 2.49. The molecule has 1 aromatic carbocycles. The first-order valence-corrected chi connectivity index (χ1v) is 9.67. The van der Waals surface area contributed by atoms with Gasteiger partial charge in [-0.15, -0.1) is 0 Å². The van der Waals surface area contributed by atoms with E-state index in [-0.39, 0.29) is 10.8 Å². The largest absolute Gasteiger partial charge is 0.349 e. The lowest BCUT2D eigenvalue weighted by molar-refractivity contribution is -0.132. The van der Waals surface area contributed by atoms with Crippen LogP contribution in [0.5, 0.6) is 0 Å². The van der Waals surface area contributed by atoms with E-state index in [9.17, 15) is 18.0 Å². The molecule has 0 spiro atoms. The fraction of sp³-hybridized carbons (Fsp3) is 0.529. The van der Waals surface area contributed by atoms with Gasteiger partial charge in [0.05, 0.1) is 16.7 Å². The molecule has 0 aliphatic heterocycles. The molecule has 130 valence electrons. The van der Waals surface area contributed by atoms with Crippen LogP contribution in [-0.2, 0) is 32.5 Å². The first-order valence-electron chi connectivity index (χ1n) is 8.19. The van der Waals surface area contributed by atoms with E-state index in [1.165, 1.54) is 10.5 Å². The number of amides is 2. The zero-order chi connectivity index (χ0) is 17.5. The van der Waals surface area contributed by atoms with Crippen LogP contribution in [0.25, 0.3) is 0 Å². The minimum Gasteiger partial charge on any atom is -0.349 e. The summed E-state index contributed by atoms with van der Waals surface area (Å²) in [5, 5.41) is 0. The van der Waals surface area contributed by atoms with Crippen LogP contribution in [0.3, 0.4) is 0 Å². The quantitative estimate of drug-likeness (QED) is 0.881. The Morgan fingerprint density at radius 3 is 2.42 bits per heavy atom. The van der Waals surface area contributed by atoms with Gasteiger partial charge in [0, 0.05) is 14.1 Å². The molecule has 2 aliphatic rings. The van der Waals surface area contributed by atoms with Crippen molar-refractivity contribution in [2.24, 2.45) is 11.8 Å². The molecule has 1 fully saturated rings. The Balaban J connectivity index is 1.71. The summed E-state index contributed by atoms with van der Waals surface area (Å²) in [7, 11) is -0.643. The van der Waals surface area contributed by atoms with Gasteiger partial charge in [0.15, 0.2) is 0 Å². The molecule has 2 amide bonds. The summed E-state index contributed by atoms with van der Waals surface area (Å²) in [5.74, 6) is -1.68. The maximum Gasteiger partial charge on any atom is 0.264 e. The van der Waals surface area contributed by atoms with Crippen molar-refractivity contribution in [3.63, 3.8) is 0 Å². The standard InChI is InChI=1S/C17H22N2O4S/c1-19(2)17(21)15-10-14(15)16(20)18-24(22,23)13-8-7-11-5-3-4-6-12(11)9-13/h7-9,14-15H,3-6,10H2,1-2H3,(H,18,20)/t14-,15+/m0/s1. The van der Waals surface area contributed by atoms with E-state index in [0.29, 0.717) is 6.42 Å². The molecule has 7 heteroatoms. The number of nitrogens with zero attached hydrogens (tertiary/aromatic N) is 1. The topological polar surface area (TPSA) is 83.6 Å². The molecule has 0 saturated heterocycles. The number of rotatable bonds is 4. The Hall–Kier alpha value is -1.89. The Labute approximate surface area is 142 Å². The van der Waals surface area contributed by atoms with Gasteiger partial charge in [-0.25, -0.2) is 13.1 Å². The fourth-order valence-electron chi connectivity index (χ4n) is 3.23. The van der Waals surface area contributed by atoms with Crippen molar-refractivity contribution in [1.29, 1.82) is 0 Å². The number of sulfonamides is 1. The van der Waals surface area contributed by atoms with Gasteiger partial charge < -0.3 is 4.90 Å². The Morgan fingerprint density at radius 1 is 1.08 bits per heavy atom. The van der Waals surface area contributed by atoms with Gasteiger partial charge in [-0.1, -0.05) is 6.07 Å². The molecule has 2 aliphatic carbocycles. The lowest BCUT2D eigenvalue weighted by Crippen LogP contribution is -2.34. The molecule has 1 aromatic rings. The maximum atomic E-state index is 12.4. The molecule has 1 saturated carbocycles. The number of nitrogens with one attached hydrogen (secondary N) is 1. The van der Waals surface area contributed by atoms with Crippen LogP contribution in [-0.4, -0.2) is 39.2 Å². The molecule has 0 radical (unpaired) electrons. The van der Waals surface area contributed by atoms with Gasteiger partial charge in [0.1, 0.15) is 0 Å². The van der Waals surface area contributed by atoms with E-state index in [1.54, 1.807) is 26.2 Å². The van der Waals surface area contributed by atoms with Crippen LogP contribution >= 0.6 is 0 Å². The maximum absolute atomic E-state index is 12.4. The van der Waals surface area contributed by atoms with Crippen LogP contribution in [0.2, 0.25) is 0 Å². The van der Waals surface area contributed by atoms with Crippen LogP contribution in [0.1, 0.15) is 30.4 Å². The molecule has 24 heavy (non-hydrogen) atoms. The molecule has 6 nitrogen and oxygen atoms in total. The van der Waals surface area contributed by atoms with Crippen LogP contribution in [0.4, 0.5) is 0 Å². The number of benzene rings is 1. The minimum atomic E-state index is -3.89.